The van der Waals surface area contributed by atoms with E-state index in [9.17, 15) is 0 Å². The van der Waals surface area contributed by atoms with Crippen LogP contribution in [0.25, 0.3) is 0 Å². The van der Waals surface area contributed by atoms with Crippen molar-refractivity contribution in [2.45, 2.75) is 51.9 Å². The Morgan fingerprint density at radius 3 is 2.71 bits per heavy atom. The normalized spacial score (nSPS) is 27.9. The van der Waals surface area contributed by atoms with E-state index >= 15 is 0 Å². The zero-order chi connectivity index (χ0) is 12.3. The predicted molar refractivity (Wildman–Crippen MR) is 74.6 cm³/mol. The average Bonchev–Trinajstić information content (AvgIpc) is 2.29. The fourth-order valence-electron chi connectivity index (χ4n) is 3.43. The summed E-state index contributed by atoms with van der Waals surface area (Å²) in [5.41, 5.74) is 1.60. The summed E-state index contributed by atoms with van der Waals surface area (Å²) in [6, 6.07) is 2.44. The number of allylic oxidation sites excluding steroid dienone is 4. The Morgan fingerprint density at radius 2 is 2.12 bits per heavy atom. The lowest BCUT2D eigenvalue weighted by molar-refractivity contribution is 0.129. The summed E-state index contributed by atoms with van der Waals surface area (Å²) >= 11 is 3.65. The lowest BCUT2D eigenvalue weighted by Gasteiger charge is -2.42. The van der Waals surface area contributed by atoms with Crippen LogP contribution in [0.4, 0.5) is 0 Å². The molecule has 1 fully saturated rings. The van der Waals surface area contributed by atoms with E-state index in [1.807, 2.05) is 0 Å². The highest BCUT2D eigenvalue weighted by molar-refractivity contribution is 9.11. The van der Waals surface area contributed by atoms with Crippen LogP contribution in [0, 0.1) is 22.7 Å². The van der Waals surface area contributed by atoms with Crippen LogP contribution in [0.2, 0.25) is 0 Å². The fourth-order valence-corrected chi connectivity index (χ4v) is 4.14. The summed E-state index contributed by atoms with van der Waals surface area (Å²) < 4.78 is 1.30. The molecule has 2 heteroatoms. The number of nitriles is 1. The lowest BCUT2D eigenvalue weighted by atomic mass is 9.62. The van der Waals surface area contributed by atoms with Gasteiger partial charge in [0.05, 0.1) is 6.07 Å². The number of halogens is 1. The molecule has 2 aliphatic carbocycles. The van der Waals surface area contributed by atoms with Gasteiger partial charge in [0.15, 0.2) is 0 Å². The quantitative estimate of drug-likeness (QED) is 0.695. The average molecular weight is 294 g/mol. The maximum absolute atomic E-state index is 9.15. The highest BCUT2D eigenvalue weighted by Gasteiger charge is 2.39. The Kier molecular flexibility index (Phi) is 4.09. The van der Waals surface area contributed by atoms with Gasteiger partial charge in [-0.2, -0.15) is 5.26 Å². The Balaban J connectivity index is 2.22. The van der Waals surface area contributed by atoms with Crippen molar-refractivity contribution in [1.82, 2.24) is 0 Å². The molecule has 17 heavy (non-hydrogen) atoms. The van der Waals surface area contributed by atoms with Crippen molar-refractivity contribution in [3.63, 3.8) is 0 Å². The molecule has 0 aromatic heterocycles. The molecule has 0 aromatic carbocycles. The number of hydrogen-bond acceptors (Lipinski definition) is 1. The van der Waals surface area contributed by atoms with Crippen LogP contribution in [-0.2, 0) is 0 Å². The van der Waals surface area contributed by atoms with Gasteiger partial charge < -0.3 is 0 Å². The van der Waals surface area contributed by atoms with Crippen molar-refractivity contribution in [3.05, 3.63) is 22.2 Å². The lowest BCUT2D eigenvalue weighted by Crippen LogP contribution is -2.32. The van der Waals surface area contributed by atoms with Crippen molar-refractivity contribution in [3.8, 4) is 6.07 Å². The smallest absolute Gasteiger partial charge is 0.0627 e. The van der Waals surface area contributed by atoms with Crippen molar-refractivity contribution >= 4 is 15.9 Å². The van der Waals surface area contributed by atoms with Crippen LogP contribution >= 0.6 is 15.9 Å². The first-order chi connectivity index (χ1) is 8.16. The van der Waals surface area contributed by atoms with Gasteiger partial charge in [0.2, 0.25) is 0 Å². The van der Waals surface area contributed by atoms with Gasteiger partial charge in [0.1, 0.15) is 0 Å². The molecule has 0 amide bonds. The highest BCUT2D eigenvalue weighted by Crippen LogP contribution is 2.50. The molecule has 0 spiro atoms. The van der Waals surface area contributed by atoms with E-state index in [0.717, 1.165) is 12.8 Å². The summed E-state index contributed by atoms with van der Waals surface area (Å²) in [6.45, 7) is 2.16. The van der Waals surface area contributed by atoms with E-state index in [1.54, 1.807) is 0 Å². The van der Waals surface area contributed by atoms with Gasteiger partial charge in [-0.1, -0.05) is 46.8 Å². The van der Waals surface area contributed by atoms with Gasteiger partial charge in [-0.15, -0.1) is 0 Å². The second kappa shape index (κ2) is 5.40. The maximum Gasteiger partial charge on any atom is 0.0627 e. The minimum Gasteiger partial charge on any atom is -0.198 e. The van der Waals surface area contributed by atoms with Crippen LogP contribution < -0.4 is 0 Å². The van der Waals surface area contributed by atoms with E-state index in [4.69, 9.17) is 5.26 Å². The molecule has 1 nitrogen and oxygen atoms in total. The second-order valence-electron chi connectivity index (χ2n) is 5.57. The van der Waals surface area contributed by atoms with E-state index in [0.29, 0.717) is 5.92 Å². The highest BCUT2D eigenvalue weighted by atomic mass is 79.9. The summed E-state index contributed by atoms with van der Waals surface area (Å²) in [4.78, 5) is 0. The largest absolute Gasteiger partial charge is 0.198 e. The predicted octanol–water partition coefficient (Wildman–Crippen LogP) is 5.10. The van der Waals surface area contributed by atoms with Gasteiger partial charge in [0.25, 0.3) is 0 Å². The molecule has 0 N–H and O–H groups in total. The first-order valence-corrected chi connectivity index (χ1v) is 7.37. The van der Waals surface area contributed by atoms with Crippen LogP contribution in [0.5, 0.6) is 0 Å². The molecule has 2 aliphatic rings. The molecular weight excluding hydrogens is 274 g/mol. The molecule has 0 bridgehead atoms. The Bertz CT molecular complexity index is 380. The SMILES string of the molecule is CC1=CC(C2(CC#N)CCCCC2)CC(Br)=C1. The van der Waals surface area contributed by atoms with Gasteiger partial charge in [-0.25, -0.2) is 0 Å². The molecular formula is C15H20BrN. The molecule has 1 saturated carbocycles. The molecule has 92 valence electrons. The summed E-state index contributed by atoms with van der Waals surface area (Å²) in [5, 5.41) is 9.15. The third-order valence-electron chi connectivity index (χ3n) is 4.33. The van der Waals surface area contributed by atoms with Gasteiger partial charge in [0, 0.05) is 6.42 Å². The van der Waals surface area contributed by atoms with Crippen LogP contribution in [0.15, 0.2) is 22.2 Å². The fraction of sp³-hybridized carbons (Fsp3) is 0.667. The first-order valence-electron chi connectivity index (χ1n) is 6.58. The van der Waals surface area contributed by atoms with Gasteiger partial charge in [-0.3, -0.25) is 0 Å². The summed E-state index contributed by atoms with van der Waals surface area (Å²) in [6.07, 6.45) is 12.8. The first kappa shape index (κ1) is 12.9. The third kappa shape index (κ3) is 2.83. The number of rotatable bonds is 2. The molecule has 0 aliphatic heterocycles. The summed E-state index contributed by atoms with van der Waals surface area (Å²) in [5.74, 6) is 0.557. The minimum absolute atomic E-state index is 0.252. The third-order valence-corrected chi connectivity index (χ3v) is 4.88. The number of hydrogen-bond donors (Lipinski definition) is 0. The van der Waals surface area contributed by atoms with E-state index in [2.05, 4.69) is 41.1 Å². The molecule has 0 saturated heterocycles. The zero-order valence-electron chi connectivity index (χ0n) is 10.5. The van der Waals surface area contributed by atoms with Gasteiger partial charge in [-0.05, 0) is 48.1 Å². The van der Waals surface area contributed by atoms with E-state index < -0.39 is 0 Å². The second-order valence-corrected chi connectivity index (χ2v) is 6.59. The Hall–Kier alpha value is -0.550. The summed E-state index contributed by atoms with van der Waals surface area (Å²) in [7, 11) is 0. The van der Waals surface area contributed by atoms with E-state index in [1.165, 1.54) is 42.2 Å². The van der Waals surface area contributed by atoms with Crippen molar-refractivity contribution in [2.75, 3.05) is 0 Å². The molecule has 0 aromatic rings. The van der Waals surface area contributed by atoms with Crippen molar-refractivity contribution < 1.29 is 0 Å². The molecule has 0 radical (unpaired) electrons. The van der Waals surface area contributed by atoms with Crippen LogP contribution in [0.3, 0.4) is 0 Å². The van der Waals surface area contributed by atoms with Gasteiger partial charge >= 0.3 is 0 Å². The monoisotopic (exact) mass is 293 g/mol. The van der Waals surface area contributed by atoms with Crippen LogP contribution in [0.1, 0.15) is 51.9 Å². The maximum atomic E-state index is 9.15. The topological polar surface area (TPSA) is 23.8 Å². The zero-order valence-corrected chi connectivity index (χ0v) is 12.1. The Labute approximate surface area is 113 Å². The molecule has 2 rings (SSSR count). The van der Waals surface area contributed by atoms with E-state index in [-0.39, 0.29) is 5.41 Å². The van der Waals surface area contributed by atoms with Crippen molar-refractivity contribution in [1.29, 1.82) is 5.26 Å². The Morgan fingerprint density at radius 1 is 1.41 bits per heavy atom. The number of nitrogens with zero attached hydrogens (tertiary/aromatic N) is 1. The standard InChI is InChI=1S/C15H20BrN/c1-12-9-13(11-14(16)10-12)15(7-8-17)5-3-2-4-6-15/h9-10,13H,2-7,11H2,1H3. The molecule has 1 unspecified atom stereocenters. The van der Waals surface area contributed by atoms with Crippen molar-refractivity contribution in [2.24, 2.45) is 11.3 Å². The minimum atomic E-state index is 0.252. The molecule has 0 heterocycles. The molecule has 1 atom stereocenters. The van der Waals surface area contributed by atoms with Crippen LogP contribution in [-0.4, -0.2) is 0 Å².